The SMILES string of the molecule is C=CC=CCCCCN(CC)CCO. The second-order valence-corrected chi connectivity index (χ2v) is 3.32. The zero-order chi connectivity index (χ0) is 10.6. The van der Waals surface area contributed by atoms with Gasteiger partial charge in [0.2, 0.25) is 0 Å². The summed E-state index contributed by atoms with van der Waals surface area (Å²) in [5.74, 6) is 0. The smallest absolute Gasteiger partial charge is 0.0558 e. The first-order chi connectivity index (χ1) is 6.85. The van der Waals surface area contributed by atoms with Gasteiger partial charge >= 0.3 is 0 Å². The Morgan fingerprint density at radius 3 is 2.64 bits per heavy atom. The highest BCUT2D eigenvalue weighted by atomic mass is 16.3. The third kappa shape index (κ3) is 8.02. The number of hydrogen-bond acceptors (Lipinski definition) is 2. The summed E-state index contributed by atoms with van der Waals surface area (Å²) in [6.07, 6.45) is 9.50. The molecular weight excluding hydrogens is 174 g/mol. The number of aliphatic hydroxyl groups is 1. The van der Waals surface area contributed by atoms with Crippen LogP contribution in [0.4, 0.5) is 0 Å². The van der Waals surface area contributed by atoms with Crippen LogP contribution in [0.5, 0.6) is 0 Å². The second kappa shape index (κ2) is 10.5. The first kappa shape index (κ1) is 13.4. The average Bonchev–Trinajstić information content (AvgIpc) is 2.21. The predicted molar refractivity (Wildman–Crippen MR) is 62.4 cm³/mol. The molecule has 0 unspecified atom stereocenters. The Hall–Kier alpha value is -0.600. The molecule has 1 N–H and O–H groups in total. The van der Waals surface area contributed by atoms with Gasteiger partial charge in [0.1, 0.15) is 0 Å². The van der Waals surface area contributed by atoms with Crippen molar-refractivity contribution in [2.75, 3.05) is 26.2 Å². The van der Waals surface area contributed by atoms with Crippen molar-refractivity contribution in [3.8, 4) is 0 Å². The summed E-state index contributed by atoms with van der Waals surface area (Å²) in [4.78, 5) is 2.28. The number of nitrogens with zero attached hydrogens (tertiary/aromatic N) is 1. The van der Waals surface area contributed by atoms with Gasteiger partial charge in [-0.3, -0.25) is 0 Å². The minimum Gasteiger partial charge on any atom is -0.395 e. The first-order valence-electron chi connectivity index (χ1n) is 5.46. The van der Waals surface area contributed by atoms with Crippen molar-refractivity contribution in [3.63, 3.8) is 0 Å². The van der Waals surface area contributed by atoms with Gasteiger partial charge in [-0.1, -0.05) is 31.7 Å². The fraction of sp³-hybridized carbons (Fsp3) is 0.667. The standard InChI is InChI=1S/C12H23NO/c1-3-5-6-7-8-9-10-13(4-2)11-12-14/h3,5-6,14H,1,4,7-12H2,2H3. The second-order valence-electron chi connectivity index (χ2n) is 3.32. The molecule has 0 bridgehead atoms. The van der Waals surface area contributed by atoms with E-state index in [0.29, 0.717) is 0 Å². The van der Waals surface area contributed by atoms with E-state index in [-0.39, 0.29) is 6.61 Å². The molecule has 0 rings (SSSR count). The topological polar surface area (TPSA) is 23.5 Å². The third-order valence-electron chi connectivity index (χ3n) is 2.23. The van der Waals surface area contributed by atoms with Crippen molar-refractivity contribution >= 4 is 0 Å². The Morgan fingerprint density at radius 1 is 1.29 bits per heavy atom. The van der Waals surface area contributed by atoms with E-state index in [4.69, 9.17) is 5.11 Å². The monoisotopic (exact) mass is 197 g/mol. The fourth-order valence-corrected chi connectivity index (χ4v) is 1.36. The van der Waals surface area contributed by atoms with Crippen molar-refractivity contribution < 1.29 is 5.11 Å². The predicted octanol–water partition coefficient (Wildman–Crippen LogP) is 2.21. The molecule has 0 heterocycles. The fourth-order valence-electron chi connectivity index (χ4n) is 1.36. The molecule has 0 aliphatic carbocycles. The van der Waals surface area contributed by atoms with E-state index < -0.39 is 0 Å². The zero-order valence-electron chi connectivity index (χ0n) is 9.28. The number of aliphatic hydroxyl groups excluding tert-OH is 1. The van der Waals surface area contributed by atoms with E-state index in [1.807, 2.05) is 12.2 Å². The van der Waals surface area contributed by atoms with Crippen molar-refractivity contribution in [1.29, 1.82) is 0 Å². The number of likely N-dealkylation sites (N-methyl/N-ethyl adjacent to an activating group) is 1. The van der Waals surface area contributed by atoms with Gasteiger partial charge in [0.05, 0.1) is 6.61 Å². The lowest BCUT2D eigenvalue weighted by molar-refractivity contribution is 0.200. The highest BCUT2D eigenvalue weighted by molar-refractivity contribution is 4.96. The average molecular weight is 197 g/mol. The molecule has 0 radical (unpaired) electrons. The van der Waals surface area contributed by atoms with Crippen LogP contribution in [0.3, 0.4) is 0 Å². The molecule has 0 aromatic rings. The van der Waals surface area contributed by atoms with Crippen LogP contribution >= 0.6 is 0 Å². The molecule has 0 spiro atoms. The van der Waals surface area contributed by atoms with Crippen LogP contribution < -0.4 is 0 Å². The highest BCUT2D eigenvalue weighted by Crippen LogP contribution is 1.99. The maximum atomic E-state index is 8.78. The normalized spacial score (nSPS) is 11.4. The quantitative estimate of drug-likeness (QED) is 0.452. The molecule has 0 amide bonds. The van der Waals surface area contributed by atoms with Crippen LogP contribution in [0.1, 0.15) is 26.2 Å². The Labute approximate surface area is 87.9 Å². The molecule has 0 aliphatic rings. The highest BCUT2D eigenvalue weighted by Gasteiger charge is 1.99. The Morgan fingerprint density at radius 2 is 2.07 bits per heavy atom. The van der Waals surface area contributed by atoms with E-state index >= 15 is 0 Å². The molecule has 0 fully saturated rings. The molecule has 2 nitrogen and oxygen atoms in total. The van der Waals surface area contributed by atoms with Gasteiger partial charge < -0.3 is 10.0 Å². The van der Waals surface area contributed by atoms with Crippen LogP contribution in [0, 0.1) is 0 Å². The van der Waals surface area contributed by atoms with Crippen molar-refractivity contribution in [2.24, 2.45) is 0 Å². The van der Waals surface area contributed by atoms with E-state index in [1.165, 1.54) is 12.8 Å². The van der Waals surface area contributed by atoms with Crippen LogP contribution in [-0.4, -0.2) is 36.2 Å². The van der Waals surface area contributed by atoms with Gasteiger partial charge in [-0.25, -0.2) is 0 Å². The molecule has 0 aromatic carbocycles. The molecule has 0 atom stereocenters. The minimum absolute atomic E-state index is 0.268. The largest absolute Gasteiger partial charge is 0.395 e. The Bertz CT molecular complexity index is 154. The van der Waals surface area contributed by atoms with E-state index in [2.05, 4.69) is 24.5 Å². The Balaban J connectivity index is 3.32. The minimum atomic E-state index is 0.268. The maximum absolute atomic E-state index is 8.78. The van der Waals surface area contributed by atoms with Crippen molar-refractivity contribution in [1.82, 2.24) is 4.90 Å². The van der Waals surface area contributed by atoms with E-state index in [0.717, 1.165) is 26.1 Å². The van der Waals surface area contributed by atoms with Crippen LogP contribution in [0.2, 0.25) is 0 Å². The first-order valence-corrected chi connectivity index (χ1v) is 5.46. The third-order valence-corrected chi connectivity index (χ3v) is 2.23. The molecule has 0 saturated heterocycles. The summed E-state index contributed by atoms with van der Waals surface area (Å²) in [6, 6.07) is 0. The molecule has 0 saturated carbocycles. The lowest BCUT2D eigenvalue weighted by Crippen LogP contribution is -2.27. The molecule has 82 valence electrons. The summed E-state index contributed by atoms with van der Waals surface area (Å²) >= 11 is 0. The van der Waals surface area contributed by atoms with Crippen molar-refractivity contribution in [3.05, 3.63) is 24.8 Å². The van der Waals surface area contributed by atoms with Crippen LogP contribution in [0.25, 0.3) is 0 Å². The summed E-state index contributed by atoms with van der Waals surface area (Å²) < 4.78 is 0. The van der Waals surface area contributed by atoms with Gasteiger partial charge in [-0.15, -0.1) is 0 Å². The van der Waals surface area contributed by atoms with Gasteiger partial charge in [0, 0.05) is 6.54 Å². The lowest BCUT2D eigenvalue weighted by atomic mass is 10.2. The van der Waals surface area contributed by atoms with Crippen molar-refractivity contribution in [2.45, 2.75) is 26.2 Å². The Kier molecular flexibility index (Phi) is 10.0. The van der Waals surface area contributed by atoms with Gasteiger partial charge in [-0.05, 0) is 32.4 Å². The van der Waals surface area contributed by atoms with Gasteiger partial charge in [0.15, 0.2) is 0 Å². The number of rotatable bonds is 9. The van der Waals surface area contributed by atoms with Gasteiger partial charge in [-0.2, -0.15) is 0 Å². The van der Waals surface area contributed by atoms with E-state index in [9.17, 15) is 0 Å². The lowest BCUT2D eigenvalue weighted by Gasteiger charge is -2.18. The molecule has 0 aromatic heterocycles. The number of allylic oxidation sites excluding steroid dienone is 3. The number of unbranched alkanes of at least 4 members (excludes halogenated alkanes) is 2. The zero-order valence-corrected chi connectivity index (χ0v) is 9.28. The van der Waals surface area contributed by atoms with Crippen LogP contribution in [0.15, 0.2) is 24.8 Å². The molecule has 0 aliphatic heterocycles. The van der Waals surface area contributed by atoms with E-state index in [1.54, 1.807) is 0 Å². The molecular formula is C12H23NO. The summed E-state index contributed by atoms with van der Waals surface area (Å²) in [6.45, 7) is 8.95. The van der Waals surface area contributed by atoms with Crippen LogP contribution in [-0.2, 0) is 0 Å². The summed E-state index contributed by atoms with van der Waals surface area (Å²) in [7, 11) is 0. The molecule has 2 heteroatoms. The molecule has 14 heavy (non-hydrogen) atoms. The summed E-state index contributed by atoms with van der Waals surface area (Å²) in [5, 5.41) is 8.78. The summed E-state index contributed by atoms with van der Waals surface area (Å²) in [5.41, 5.74) is 0. The maximum Gasteiger partial charge on any atom is 0.0558 e. The van der Waals surface area contributed by atoms with Gasteiger partial charge in [0.25, 0.3) is 0 Å². The number of hydrogen-bond donors (Lipinski definition) is 1.